The van der Waals surface area contributed by atoms with Gasteiger partial charge in [-0.15, -0.1) is 11.3 Å². The van der Waals surface area contributed by atoms with Gasteiger partial charge in [-0.2, -0.15) is 0 Å². The van der Waals surface area contributed by atoms with E-state index < -0.39 is 21.1 Å². The number of fused-ring (bicyclic) bond motifs is 1. The van der Waals surface area contributed by atoms with Crippen LogP contribution >= 0.6 is 11.3 Å². The molecule has 8 heteroatoms. The Kier molecular flexibility index (Phi) is 6.04. The molecule has 0 saturated carbocycles. The Morgan fingerprint density at radius 1 is 1.07 bits per heavy atom. The number of benzene rings is 2. The number of hydrogen-bond acceptors (Lipinski definition) is 6. The summed E-state index contributed by atoms with van der Waals surface area (Å²) in [5, 5.41) is 3.43. The number of hydrogen-bond donors (Lipinski definition) is 1. The topological polar surface area (TPSA) is 89.5 Å². The zero-order chi connectivity index (χ0) is 21.2. The summed E-state index contributed by atoms with van der Waals surface area (Å²) < 4.78 is 30.1. The van der Waals surface area contributed by atoms with Gasteiger partial charge in [0.2, 0.25) is 5.91 Å². The van der Waals surface area contributed by atoms with Crippen molar-refractivity contribution in [2.24, 2.45) is 0 Å². The van der Waals surface area contributed by atoms with Crippen LogP contribution < -0.4 is 5.32 Å². The Bertz CT molecular complexity index is 1160. The highest BCUT2D eigenvalue weighted by Gasteiger charge is 2.22. The molecule has 0 aliphatic heterocycles. The lowest BCUT2D eigenvalue weighted by Gasteiger charge is -2.09. The van der Waals surface area contributed by atoms with Crippen LogP contribution in [0, 0.1) is 0 Å². The lowest BCUT2D eigenvalue weighted by atomic mass is 10.1. The van der Waals surface area contributed by atoms with E-state index in [9.17, 15) is 18.0 Å². The molecule has 0 aliphatic carbocycles. The van der Waals surface area contributed by atoms with Crippen molar-refractivity contribution in [3.63, 3.8) is 0 Å². The van der Waals surface area contributed by atoms with Gasteiger partial charge in [-0.1, -0.05) is 30.3 Å². The molecule has 0 unspecified atom stereocenters. The molecule has 3 aromatic rings. The van der Waals surface area contributed by atoms with Crippen molar-refractivity contribution in [1.82, 2.24) is 0 Å². The van der Waals surface area contributed by atoms with Crippen LogP contribution in [-0.4, -0.2) is 32.7 Å². The van der Waals surface area contributed by atoms with E-state index in [2.05, 4.69) is 5.32 Å². The first-order chi connectivity index (χ1) is 13.7. The molecule has 0 radical (unpaired) electrons. The van der Waals surface area contributed by atoms with Gasteiger partial charge in [-0.3, -0.25) is 4.79 Å². The van der Waals surface area contributed by atoms with Crippen LogP contribution in [0.1, 0.15) is 29.8 Å². The van der Waals surface area contributed by atoms with E-state index in [0.29, 0.717) is 16.1 Å². The fourth-order valence-electron chi connectivity index (χ4n) is 2.86. The van der Waals surface area contributed by atoms with E-state index >= 15 is 0 Å². The minimum Gasteiger partial charge on any atom is -0.465 e. The van der Waals surface area contributed by atoms with Crippen LogP contribution in [0.3, 0.4) is 0 Å². The number of carbonyl (C=O) groups excluding carboxylic acids is 2. The zero-order valence-corrected chi connectivity index (χ0v) is 17.9. The first kappa shape index (κ1) is 21.0. The second kappa shape index (κ2) is 8.34. The summed E-state index contributed by atoms with van der Waals surface area (Å²) in [5.41, 5.74) is 1.01. The third-order valence-corrected chi connectivity index (χ3v) is 7.73. The molecule has 2 aromatic carbocycles. The molecule has 0 fully saturated rings. The van der Waals surface area contributed by atoms with E-state index in [-0.39, 0.29) is 17.2 Å². The van der Waals surface area contributed by atoms with Crippen LogP contribution in [-0.2, 0) is 25.8 Å². The second-order valence-electron chi connectivity index (χ2n) is 6.76. The van der Waals surface area contributed by atoms with Crippen LogP contribution in [0.5, 0.6) is 0 Å². The largest absolute Gasteiger partial charge is 0.465 e. The van der Waals surface area contributed by atoms with Crippen molar-refractivity contribution in [2.45, 2.75) is 30.4 Å². The molecule has 0 atom stereocenters. The summed E-state index contributed by atoms with van der Waals surface area (Å²) >= 11 is 1.30. The summed E-state index contributed by atoms with van der Waals surface area (Å²) in [6.07, 6.45) is 0.0524. The molecule has 1 amide bonds. The minimum atomic E-state index is -3.35. The molecule has 0 bridgehead atoms. The van der Waals surface area contributed by atoms with Crippen molar-refractivity contribution < 1.29 is 22.7 Å². The summed E-state index contributed by atoms with van der Waals surface area (Å²) in [4.78, 5) is 25.0. The molecule has 0 aliphatic rings. The lowest BCUT2D eigenvalue weighted by Crippen LogP contribution is -2.16. The Balaban J connectivity index is 1.80. The summed E-state index contributed by atoms with van der Waals surface area (Å²) in [7, 11) is -2.06. The number of methoxy groups -OCH3 is 1. The van der Waals surface area contributed by atoms with E-state index in [4.69, 9.17) is 4.74 Å². The monoisotopic (exact) mass is 431 g/mol. The Labute approximate surface area is 173 Å². The average molecular weight is 432 g/mol. The number of ether oxygens (including phenoxy) is 1. The highest BCUT2D eigenvalue weighted by atomic mass is 32.2. The van der Waals surface area contributed by atoms with Gasteiger partial charge in [-0.25, -0.2) is 13.2 Å². The van der Waals surface area contributed by atoms with Crippen molar-refractivity contribution in [3.8, 4) is 0 Å². The maximum absolute atomic E-state index is 12.5. The van der Waals surface area contributed by atoms with E-state index in [1.807, 2.05) is 24.3 Å². The van der Waals surface area contributed by atoms with Crippen LogP contribution in [0.25, 0.3) is 10.1 Å². The maximum Gasteiger partial charge on any atom is 0.341 e. The van der Waals surface area contributed by atoms with Crippen LogP contribution in [0.15, 0.2) is 53.4 Å². The average Bonchev–Trinajstić information content (AvgIpc) is 3.05. The molecule has 0 spiro atoms. The molecule has 0 saturated heterocycles. The zero-order valence-electron chi connectivity index (χ0n) is 16.3. The molecule has 1 N–H and O–H groups in total. The van der Waals surface area contributed by atoms with E-state index in [0.717, 1.165) is 10.1 Å². The van der Waals surface area contributed by atoms with Crippen molar-refractivity contribution in [3.05, 3.63) is 59.7 Å². The second-order valence-corrected chi connectivity index (χ2v) is 10.3. The summed E-state index contributed by atoms with van der Waals surface area (Å²) in [5.74, 6) is -0.817. The number of esters is 1. The fourth-order valence-corrected chi connectivity index (χ4v) is 5.03. The third kappa shape index (κ3) is 4.33. The quantitative estimate of drug-likeness (QED) is 0.595. The summed E-state index contributed by atoms with van der Waals surface area (Å²) in [6, 6.07) is 13.6. The van der Waals surface area contributed by atoms with Gasteiger partial charge < -0.3 is 10.1 Å². The Morgan fingerprint density at radius 3 is 2.34 bits per heavy atom. The maximum atomic E-state index is 12.5. The first-order valence-electron chi connectivity index (χ1n) is 8.96. The highest BCUT2D eigenvalue weighted by Crippen LogP contribution is 2.36. The number of carbonyl (C=O) groups is 2. The molecule has 29 heavy (non-hydrogen) atoms. The molecule has 152 valence electrons. The van der Waals surface area contributed by atoms with Crippen molar-refractivity contribution >= 4 is 48.1 Å². The molecule has 3 rings (SSSR count). The third-order valence-electron chi connectivity index (χ3n) is 4.48. The van der Waals surface area contributed by atoms with Crippen molar-refractivity contribution in [2.75, 3.05) is 12.4 Å². The van der Waals surface area contributed by atoms with Crippen molar-refractivity contribution in [1.29, 1.82) is 0 Å². The van der Waals surface area contributed by atoms with Gasteiger partial charge in [-0.05, 0) is 37.6 Å². The molecule has 1 heterocycles. The van der Waals surface area contributed by atoms with Crippen LogP contribution in [0.2, 0.25) is 0 Å². The predicted octanol–water partition coefficient (Wildman–Crippen LogP) is 4.05. The number of sulfone groups is 1. The standard InChI is InChI=1S/C21H21NO5S2/c1-13(2)29(25,26)15-10-8-14(9-11-15)12-18(23)22-20-19(21(24)27-3)16-6-4-5-7-17(16)28-20/h4-11,13H,12H2,1-3H3,(H,22,23). The number of rotatable bonds is 6. The van der Waals surface area contributed by atoms with Gasteiger partial charge in [0, 0.05) is 10.1 Å². The van der Waals surface area contributed by atoms with Gasteiger partial charge in [0.15, 0.2) is 9.84 Å². The smallest absolute Gasteiger partial charge is 0.341 e. The van der Waals surface area contributed by atoms with E-state index in [1.54, 1.807) is 26.0 Å². The fraction of sp³-hybridized carbons (Fsp3) is 0.238. The van der Waals surface area contributed by atoms with Gasteiger partial charge in [0.05, 0.1) is 23.7 Å². The van der Waals surface area contributed by atoms with Gasteiger partial charge in [0.1, 0.15) is 10.6 Å². The minimum absolute atomic E-state index is 0.0524. The van der Waals surface area contributed by atoms with Crippen LogP contribution in [0.4, 0.5) is 5.00 Å². The predicted molar refractivity (Wildman–Crippen MR) is 114 cm³/mol. The normalized spacial score (nSPS) is 11.6. The number of nitrogens with one attached hydrogen (secondary N) is 1. The lowest BCUT2D eigenvalue weighted by molar-refractivity contribution is -0.115. The van der Waals surface area contributed by atoms with Gasteiger partial charge >= 0.3 is 5.97 Å². The number of thiophene rings is 1. The Morgan fingerprint density at radius 2 is 1.72 bits per heavy atom. The molecule has 1 aromatic heterocycles. The Hall–Kier alpha value is -2.71. The van der Waals surface area contributed by atoms with E-state index in [1.165, 1.54) is 30.6 Å². The summed E-state index contributed by atoms with van der Waals surface area (Å²) in [6.45, 7) is 3.25. The number of amides is 1. The first-order valence-corrected chi connectivity index (χ1v) is 11.3. The number of anilines is 1. The van der Waals surface area contributed by atoms with Gasteiger partial charge in [0.25, 0.3) is 0 Å². The molecular formula is C21H21NO5S2. The SMILES string of the molecule is COC(=O)c1c(NC(=O)Cc2ccc(S(=O)(=O)C(C)C)cc2)sc2ccccc12. The highest BCUT2D eigenvalue weighted by molar-refractivity contribution is 7.92. The molecule has 6 nitrogen and oxygen atoms in total. The molecular weight excluding hydrogens is 410 g/mol.